The Bertz CT molecular complexity index is 392. The van der Waals surface area contributed by atoms with Gasteiger partial charge in [0.05, 0.1) is 0 Å². The molecule has 1 aliphatic rings. The maximum absolute atomic E-state index is 10.9. The molecule has 0 spiro atoms. The third kappa shape index (κ3) is 3.93. The van der Waals surface area contributed by atoms with E-state index in [-0.39, 0.29) is 0 Å². The van der Waals surface area contributed by atoms with Gasteiger partial charge in [0.15, 0.2) is 0 Å². The van der Waals surface area contributed by atoms with Crippen LogP contribution in [0.5, 0.6) is 0 Å². The minimum Gasteiger partial charge on any atom is -0.314 e. The number of benzene rings is 1. The predicted molar refractivity (Wildman–Crippen MR) is 73.8 cm³/mol. The second-order valence-electron chi connectivity index (χ2n) is 4.79. The van der Waals surface area contributed by atoms with E-state index in [4.69, 9.17) is 0 Å². The first kappa shape index (κ1) is 12.8. The summed E-state index contributed by atoms with van der Waals surface area (Å²) in [6.07, 6.45) is 6.35. The van der Waals surface area contributed by atoms with Gasteiger partial charge in [0.2, 0.25) is 0 Å². The summed E-state index contributed by atoms with van der Waals surface area (Å²) in [6, 6.07) is 9.34. The predicted octanol–water partition coefficient (Wildman–Crippen LogP) is 1.90. The molecule has 0 saturated heterocycles. The van der Waals surface area contributed by atoms with Crippen LogP contribution in [0.2, 0.25) is 0 Å². The Morgan fingerprint density at radius 2 is 2.12 bits per heavy atom. The van der Waals surface area contributed by atoms with E-state index >= 15 is 0 Å². The maximum Gasteiger partial charge on any atom is 0.0244 e. The van der Waals surface area contributed by atoms with Gasteiger partial charge in [-0.05, 0) is 43.4 Å². The zero-order chi connectivity index (χ0) is 12.1. The Labute approximate surface area is 106 Å². The largest absolute Gasteiger partial charge is 0.314 e. The van der Waals surface area contributed by atoms with E-state index in [0.717, 1.165) is 25.1 Å². The van der Waals surface area contributed by atoms with Crippen LogP contribution in [0, 0.1) is 0 Å². The Balaban J connectivity index is 1.76. The van der Waals surface area contributed by atoms with Crippen molar-refractivity contribution in [2.45, 2.75) is 31.7 Å². The Morgan fingerprint density at radius 3 is 2.88 bits per heavy atom. The maximum atomic E-state index is 10.9. The van der Waals surface area contributed by atoms with Crippen molar-refractivity contribution in [2.24, 2.45) is 0 Å². The normalized spacial score (nSPS) is 20.9. The molecule has 1 N–H and O–H groups in total. The van der Waals surface area contributed by atoms with Crippen molar-refractivity contribution in [1.29, 1.82) is 0 Å². The first-order chi connectivity index (χ1) is 8.25. The van der Waals surface area contributed by atoms with Crippen molar-refractivity contribution in [3.63, 3.8) is 0 Å². The molecule has 1 aromatic carbocycles. The van der Waals surface area contributed by atoms with E-state index in [1.54, 1.807) is 6.26 Å². The summed E-state index contributed by atoms with van der Waals surface area (Å²) >= 11 is 0. The number of rotatable bonds is 5. The van der Waals surface area contributed by atoms with Gasteiger partial charge >= 0.3 is 0 Å². The monoisotopic (exact) mass is 251 g/mol. The molecule has 1 aliphatic carbocycles. The van der Waals surface area contributed by atoms with Gasteiger partial charge in [0, 0.05) is 28.9 Å². The van der Waals surface area contributed by atoms with E-state index in [1.165, 1.54) is 24.0 Å². The van der Waals surface area contributed by atoms with Crippen LogP contribution in [0.15, 0.2) is 24.3 Å². The number of hydrogen-bond acceptors (Lipinski definition) is 2. The fourth-order valence-corrected chi connectivity index (χ4v) is 3.00. The standard InChI is InChI=1S/C14H21NOS/c1-17(16)10-4-9-15-14-8-7-12-5-2-3-6-13(12)11-14/h2-3,5-6,14-15H,4,7-11H2,1H3. The molecule has 17 heavy (non-hydrogen) atoms. The molecule has 2 unspecified atom stereocenters. The summed E-state index contributed by atoms with van der Waals surface area (Å²) < 4.78 is 10.9. The molecule has 3 heteroatoms. The average Bonchev–Trinajstić information content (AvgIpc) is 2.34. The van der Waals surface area contributed by atoms with Crippen molar-refractivity contribution in [1.82, 2.24) is 5.32 Å². The highest BCUT2D eigenvalue weighted by Gasteiger charge is 2.16. The van der Waals surface area contributed by atoms with Crippen LogP contribution in [0.1, 0.15) is 24.0 Å². The summed E-state index contributed by atoms with van der Waals surface area (Å²) in [5.74, 6) is 0.816. The molecule has 1 aromatic rings. The molecular formula is C14H21NOS. The quantitative estimate of drug-likeness (QED) is 0.810. The van der Waals surface area contributed by atoms with Crippen molar-refractivity contribution in [2.75, 3.05) is 18.6 Å². The highest BCUT2D eigenvalue weighted by Crippen LogP contribution is 2.20. The Hall–Kier alpha value is -0.670. The summed E-state index contributed by atoms with van der Waals surface area (Å²) in [5, 5.41) is 3.58. The molecular weight excluding hydrogens is 230 g/mol. The van der Waals surface area contributed by atoms with Crippen LogP contribution in [-0.4, -0.2) is 28.8 Å². The van der Waals surface area contributed by atoms with Gasteiger partial charge in [0.25, 0.3) is 0 Å². The zero-order valence-corrected chi connectivity index (χ0v) is 11.3. The zero-order valence-electron chi connectivity index (χ0n) is 10.4. The van der Waals surface area contributed by atoms with Crippen LogP contribution in [0.3, 0.4) is 0 Å². The van der Waals surface area contributed by atoms with E-state index < -0.39 is 10.8 Å². The topological polar surface area (TPSA) is 29.1 Å². The Kier molecular flexibility index (Phi) is 4.75. The van der Waals surface area contributed by atoms with Crippen LogP contribution in [0.25, 0.3) is 0 Å². The molecule has 0 aromatic heterocycles. The highest BCUT2D eigenvalue weighted by atomic mass is 32.2. The lowest BCUT2D eigenvalue weighted by Crippen LogP contribution is -2.35. The molecule has 0 aliphatic heterocycles. The third-order valence-corrected chi connectivity index (χ3v) is 4.25. The number of nitrogens with one attached hydrogen (secondary N) is 1. The molecule has 2 rings (SSSR count). The molecule has 0 amide bonds. The minimum absolute atomic E-state index is 0.607. The van der Waals surface area contributed by atoms with Crippen LogP contribution < -0.4 is 5.32 Å². The lowest BCUT2D eigenvalue weighted by atomic mass is 9.88. The fraction of sp³-hybridized carbons (Fsp3) is 0.571. The lowest BCUT2D eigenvalue weighted by molar-refractivity contribution is 0.459. The van der Waals surface area contributed by atoms with Crippen LogP contribution in [-0.2, 0) is 23.6 Å². The highest BCUT2D eigenvalue weighted by molar-refractivity contribution is 7.84. The molecule has 0 fully saturated rings. The minimum atomic E-state index is -0.648. The fourth-order valence-electron chi connectivity index (χ4n) is 2.45. The van der Waals surface area contributed by atoms with Crippen LogP contribution in [0.4, 0.5) is 0 Å². The van der Waals surface area contributed by atoms with E-state index in [0.29, 0.717) is 6.04 Å². The van der Waals surface area contributed by atoms with Crippen molar-refractivity contribution < 1.29 is 4.21 Å². The van der Waals surface area contributed by atoms with Crippen molar-refractivity contribution in [3.8, 4) is 0 Å². The summed E-state index contributed by atoms with van der Waals surface area (Å²) in [7, 11) is -0.648. The van der Waals surface area contributed by atoms with Gasteiger partial charge in [-0.1, -0.05) is 24.3 Å². The molecule has 94 valence electrons. The number of fused-ring (bicyclic) bond motifs is 1. The van der Waals surface area contributed by atoms with Gasteiger partial charge < -0.3 is 5.32 Å². The van der Waals surface area contributed by atoms with Crippen LogP contribution >= 0.6 is 0 Å². The SMILES string of the molecule is CS(=O)CCCNC1CCc2ccccc2C1. The Morgan fingerprint density at radius 1 is 1.35 bits per heavy atom. The molecule has 0 saturated carbocycles. The average molecular weight is 251 g/mol. The molecule has 2 nitrogen and oxygen atoms in total. The number of aryl methyl sites for hydroxylation is 1. The molecule has 0 bridgehead atoms. The van der Waals surface area contributed by atoms with Gasteiger partial charge in [-0.3, -0.25) is 4.21 Å². The second-order valence-corrected chi connectivity index (χ2v) is 6.35. The molecule has 0 heterocycles. The lowest BCUT2D eigenvalue weighted by Gasteiger charge is -2.25. The first-order valence-electron chi connectivity index (χ1n) is 6.36. The first-order valence-corrected chi connectivity index (χ1v) is 8.08. The van der Waals surface area contributed by atoms with Gasteiger partial charge in [0.1, 0.15) is 0 Å². The number of hydrogen-bond donors (Lipinski definition) is 1. The third-order valence-electron chi connectivity index (χ3n) is 3.39. The van der Waals surface area contributed by atoms with Gasteiger partial charge in [-0.15, -0.1) is 0 Å². The summed E-state index contributed by atoms with van der Waals surface area (Å²) in [6.45, 7) is 0.992. The molecule has 0 radical (unpaired) electrons. The van der Waals surface area contributed by atoms with Crippen molar-refractivity contribution in [3.05, 3.63) is 35.4 Å². The van der Waals surface area contributed by atoms with E-state index in [1.807, 2.05) is 0 Å². The summed E-state index contributed by atoms with van der Waals surface area (Å²) in [5.41, 5.74) is 3.01. The van der Waals surface area contributed by atoms with E-state index in [9.17, 15) is 4.21 Å². The van der Waals surface area contributed by atoms with Gasteiger partial charge in [-0.2, -0.15) is 0 Å². The van der Waals surface area contributed by atoms with Gasteiger partial charge in [-0.25, -0.2) is 0 Å². The summed E-state index contributed by atoms with van der Waals surface area (Å²) in [4.78, 5) is 0. The second kappa shape index (κ2) is 6.31. The molecule has 2 atom stereocenters. The van der Waals surface area contributed by atoms with E-state index in [2.05, 4.69) is 29.6 Å². The smallest absolute Gasteiger partial charge is 0.0244 e. The van der Waals surface area contributed by atoms with Crippen molar-refractivity contribution >= 4 is 10.8 Å².